The maximum atomic E-state index is 5.85. The monoisotopic (exact) mass is 824 g/mol. The highest BCUT2D eigenvalue weighted by atomic mass is 32.2. The lowest BCUT2D eigenvalue weighted by molar-refractivity contribution is 0.806. The second-order valence-corrected chi connectivity index (χ2v) is 19.0. The summed E-state index contributed by atoms with van der Waals surface area (Å²) in [5.41, 5.74) is 8.90. The number of benzene rings is 8. The van der Waals surface area contributed by atoms with Gasteiger partial charge in [-0.3, -0.25) is 4.57 Å². The summed E-state index contributed by atoms with van der Waals surface area (Å²) in [6.07, 6.45) is 8.96. The SMILES string of the molecule is C1=CC2Sc3nc(-c4cccc5c4sc4ccccc45)c(-n4c5cccc6c7ccccc7c7cccc8c7c7c(c65)c4ccc7n8-c4ccc5ccccc5c4)nc3C2C=C1. The van der Waals surface area contributed by atoms with Crippen molar-refractivity contribution < 1.29 is 0 Å². The molecule has 4 nitrogen and oxygen atoms in total. The van der Waals surface area contributed by atoms with Gasteiger partial charge in [-0.05, 0) is 74.8 Å². The van der Waals surface area contributed by atoms with Crippen LogP contribution in [-0.4, -0.2) is 24.4 Å². The van der Waals surface area contributed by atoms with Crippen LogP contribution in [0.2, 0.25) is 0 Å². The summed E-state index contributed by atoms with van der Waals surface area (Å²) in [6, 6.07) is 58.4. The predicted molar refractivity (Wildman–Crippen MR) is 263 cm³/mol. The molecule has 0 spiro atoms. The van der Waals surface area contributed by atoms with Gasteiger partial charge in [0.1, 0.15) is 10.7 Å². The summed E-state index contributed by atoms with van der Waals surface area (Å²) in [7, 11) is 0. The zero-order valence-electron chi connectivity index (χ0n) is 33.1. The first-order valence-corrected chi connectivity index (χ1v) is 22.9. The van der Waals surface area contributed by atoms with Crippen LogP contribution in [0.4, 0.5) is 0 Å². The van der Waals surface area contributed by atoms with E-state index in [0.717, 1.165) is 44.5 Å². The van der Waals surface area contributed by atoms with Gasteiger partial charge in [-0.1, -0.05) is 151 Å². The van der Waals surface area contributed by atoms with E-state index >= 15 is 0 Å². The third kappa shape index (κ3) is 4.32. The van der Waals surface area contributed by atoms with Gasteiger partial charge >= 0.3 is 0 Å². The average molecular weight is 825 g/mol. The van der Waals surface area contributed by atoms with Crippen LogP contribution in [0.3, 0.4) is 0 Å². The van der Waals surface area contributed by atoms with E-state index in [1.54, 1.807) is 0 Å². The third-order valence-electron chi connectivity index (χ3n) is 13.6. The fraction of sp³-hybridized carbons (Fsp3) is 0.0357. The summed E-state index contributed by atoms with van der Waals surface area (Å²) in [6.45, 7) is 0. The Morgan fingerprint density at radius 3 is 1.90 bits per heavy atom. The van der Waals surface area contributed by atoms with Gasteiger partial charge in [-0.25, -0.2) is 9.97 Å². The molecule has 0 radical (unpaired) electrons. The molecular weight excluding hydrogens is 793 g/mol. The van der Waals surface area contributed by atoms with Crippen molar-refractivity contribution in [2.75, 3.05) is 0 Å². The van der Waals surface area contributed by atoms with Crippen LogP contribution in [0, 0.1) is 0 Å². The van der Waals surface area contributed by atoms with Gasteiger partial charge in [0, 0.05) is 64.1 Å². The Labute approximate surface area is 363 Å². The maximum Gasteiger partial charge on any atom is 0.164 e. The molecule has 1 aliphatic carbocycles. The van der Waals surface area contributed by atoms with Crippen molar-refractivity contribution in [1.29, 1.82) is 0 Å². The Bertz CT molecular complexity index is 4160. The van der Waals surface area contributed by atoms with Crippen molar-refractivity contribution in [1.82, 2.24) is 19.1 Å². The molecule has 4 aromatic heterocycles. The van der Waals surface area contributed by atoms with Crippen LogP contribution in [0.5, 0.6) is 0 Å². The number of thioether (sulfide) groups is 1. The molecule has 0 fully saturated rings. The first-order chi connectivity index (χ1) is 30.8. The largest absolute Gasteiger partial charge is 0.309 e. The molecule has 0 amide bonds. The molecule has 0 bridgehead atoms. The molecule has 0 N–H and O–H groups in total. The number of allylic oxidation sites excluding steroid dienone is 3. The zero-order valence-corrected chi connectivity index (χ0v) is 34.7. The van der Waals surface area contributed by atoms with Crippen LogP contribution in [0.25, 0.3) is 119 Å². The summed E-state index contributed by atoms with van der Waals surface area (Å²) in [5, 5.41) is 16.3. The van der Waals surface area contributed by atoms with Crippen LogP contribution in [0.15, 0.2) is 187 Å². The van der Waals surface area contributed by atoms with Gasteiger partial charge in [0.05, 0.1) is 27.8 Å². The van der Waals surface area contributed by atoms with Crippen LogP contribution in [0.1, 0.15) is 11.6 Å². The molecule has 288 valence electrons. The Morgan fingerprint density at radius 1 is 0.468 bits per heavy atom. The molecule has 0 saturated heterocycles. The van der Waals surface area contributed by atoms with Crippen molar-refractivity contribution in [3.63, 3.8) is 0 Å². The van der Waals surface area contributed by atoms with Gasteiger partial charge in [0.2, 0.25) is 0 Å². The highest BCUT2D eigenvalue weighted by Gasteiger charge is 2.36. The highest BCUT2D eigenvalue weighted by molar-refractivity contribution is 8.00. The minimum Gasteiger partial charge on any atom is -0.309 e. The van der Waals surface area contributed by atoms with Gasteiger partial charge in [0.25, 0.3) is 0 Å². The van der Waals surface area contributed by atoms with E-state index in [9.17, 15) is 0 Å². The molecule has 2 atom stereocenters. The van der Waals surface area contributed by atoms with Crippen molar-refractivity contribution >= 4 is 119 Å². The Balaban J connectivity index is 1.14. The molecule has 2 unspecified atom stereocenters. The lowest BCUT2D eigenvalue weighted by Gasteiger charge is -2.17. The fourth-order valence-corrected chi connectivity index (χ4v) is 13.5. The van der Waals surface area contributed by atoms with Crippen LogP contribution >= 0.6 is 23.1 Å². The summed E-state index contributed by atoms with van der Waals surface area (Å²) < 4.78 is 7.46. The minimum absolute atomic E-state index is 0.159. The Kier molecular flexibility index (Phi) is 6.58. The molecular formula is C56H32N4S2. The van der Waals surface area contributed by atoms with E-state index in [0.29, 0.717) is 0 Å². The molecule has 2 aliphatic rings. The standard InChI is InChI=1S/C56H32N4S2/c1-2-13-32-30-33(27-26-31(32)12-1)59-42-22-10-18-37-34-14-3-4-15-35(34)38-19-11-23-43-49(38)51-45(29-28-44(59)50(51)48(37)42)60(43)55-52(58-56-53(57-55)40-17-6-8-25-47(40)62-56)41-21-9-20-39-36-16-5-7-24-46(36)61-54(39)41/h1-30,40,47H. The highest BCUT2D eigenvalue weighted by Crippen LogP contribution is 2.52. The zero-order chi connectivity index (χ0) is 40.2. The smallest absolute Gasteiger partial charge is 0.164 e. The van der Waals surface area contributed by atoms with E-state index < -0.39 is 0 Å². The number of rotatable bonds is 3. The Hall–Kier alpha value is -7.25. The van der Waals surface area contributed by atoms with Crippen molar-refractivity contribution in [3.8, 4) is 22.8 Å². The second-order valence-electron chi connectivity index (χ2n) is 16.7. The summed E-state index contributed by atoms with van der Waals surface area (Å²) in [5.74, 6) is 1.03. The number of hydrogen-bond donors (Lipinski definition) is 0. The number of hydrogen-bond acceptors (Lipinski definition) is 4. The lowest BCUT2D eigenvalue weighted by Crippen LogP contribution is -2.11. The van der Waals surface area contributed by atoms with Gasteiger partial charge in [-0.2, -0.15) is 0 Å². The second kappa shape index (κ2) is 12.2. The van der Waals surface area contributed by atoms with E-state index in [4.69, 9.17) is 9.97 Å². The topological polar surface area (TPSA) is 35.6 Å². The first kappa shape index (κ1) is 33.5. The van der Waals surface area contributed by atoms with E-state index in [1.165, 1.54) is 85.1 Å². The normalized spacial score (nSPS) is 16.2. The van der Waals surface area contributed by atoms with Gasteiger partial charge < -0.3 is 4.57 Å². The van der Waals surface area contributed by atoms with E-state index in [1.807, 2.05) is 23.1 Å². The number of fused-ring (bicyclic) bond motifs is 10. The molecule has 62 heavy (non-hydrogen) atoms. The van der Waals surface area contributed by atoms with Crippen molar-refractivity contribution in [2.24, 2.45) is 0 Å². The number of thiophene rings is 1. The fourth-order valence-electron chi connectivity index (χ4n) is 11.0. The molecule has 13 aromatic rings. The molecule has 6 heteroatoms. The molecule has 1 aliphatic heterocycles. The molecule has 15 rings (SSSR count). The first-order valence-electron chi connectivity index (χ1n) is 21.2. The number of nitrogens with zero attached hydrogens (tertiary/aromatic N) is 4. The van der Waals surface area contributed by atoms with Gasteiger partial charge in [-0.15, -0.1) is 11.3 Å². The lowest BCUT2D eigenvalue weighted by atomic mass is 9.95. The van der Waals surface area contributed by atoms with Crippen molar-refractivity contribution in [2.45, 2.75) is 16.2 Å². The number of aromatic nitrogens is 4. The maximum absolute atomic E-state index is 5.85. The molecule has 5 heterocycles. The molecule has 0 saturated carbocycles. The average Bonchev–Trinajstić information content (AvgIpc) is 4.08. The summed E-state index contributed by atoms with van der Waals surface area (Å²) >= 11 is 3.69. The molecule has 9 aromatic carbocycles. The van der Waals surface area contributed by atoms with E-state index in [-0.39, 0.29) is 11.2 Å². The van der Waals surface area contributed by atoms with Crippen LogP contribution < -0.4 is 0 Å². The quantitative estimate of drug-likeness (QED) is 0.178. The third-order valence-corrected chi connectivity index (χ3v) is 16.1. The predicted octanol–water partition coefficient (Wildman–Crippen LogP) is 15.3. The summed E-state index contributed by atoms with van der Waals surface area (Å²) in [4.78, 5) is 11.6. The van der Waals surface area contributed by atoms with E-state index in [2.05, 4.69) is 191 Å². The van der Waals surface area contributed by atoms with Gasteiger partial charge in [0.15, 0.2) is 5.82 Å². The minimum atomic E-state index is 0.159. The Morgan fingerprint density at radius 2 is 1.10 bits per heavy atom. The van der Waals surface area contributed by atoms with Crippen LogP contribution in [-0.2, 0) is 0 Å². The van der Waals surface area contributed by atoms with Crippen molar-refractivity contribution in [3.05, 3.63) is 188 Å².